The maximum Gasteiger partial charge on any atom is 0.288 e. The number of nitrogens with two attached hydrogens (primary N) is 1. The molecule has 0 aliphatic carbocycles. The molecule has 0 unspecified atom stereocenters. The molecule has 0 saturated heterocycles. The SMILES string of the molecule is Cc1nc(C(N)=O)nn1-c1ccc(C(C)(C)c2ccc(Cl)cc2)cc1. The van der Waals surface area contributed by atoms with Crippen LogP contribution in [0.3, 0.4) is 0 Å². The van der Waals surface area contributed by atoms with Crippen LogP contribution < -0.4 is 5.73 Å². The molecule has 0 aliphatic heterocycles. The van der Waals surface area contributed by atoms with Gasteiger partial charge >= 0.3 is 0 Å². The minimum Gasteiger partial charge on any atom is -0.363 e. The fourth-order valence-electron chi connectivity index (χ4n) is 2.79. The number of aromatic nitrogens is 3. The second-order valence-electron chi connectivity index (χ2n) is 6.44. The lowest BCUT2D eigenvalue weighted by Gasteiger charge is -2.26. The van der Waals surface area contributed by atoms with Crippen LogP contribution in [-0.2, 0) is 5.41 Å². The number of primary amides is 1. The van der Waals surface area contributed by atoms with Crippen molar-refractivity contribution in [3.8, 4) is 5.69 Å². The van der Waals surface area contributed by atoms with Crippen LogP contribution in [0.4, 0.5) is 0 Å². The van der Waals surface area contributed by atoms with Crippen molar-refractivity contribution in [2.75, 3.05) is 0 Å². The molecule has 1 amide bonds. The van der Waals surface area contributed by atoms with Crippen LogP contribution >= 0.6 is 11.6 Å². The van der Waals surface area contributed by atoms with Crippen molar-refractivity contribution < 1.29 is 4.79 Å². The highest BCUT2D eigenvalue weighted by Gasteiger charge is 2.23. The highest BCUT2D eigenvalue weighted by atomic mass is 35.5. The molecule has 0 bridgehead atoms. The average molecular weight is 355 g/mol. The van der Waals surface area contributed by atoms with Gasteiger partial charge in [-0.25, -0.2) is 9.67 Å². The third-order valence-electron chi connectivity index (χ3n) is 4.39. The van der Waals surface area contributed by atoms with E-state index in [-0.39, 0.29) is 11.2 Å². The number of carbonyl (C=O) groups is 1. The monoisotopic (exact) mass is 354 g/mol. The molecule has 6 heteroatoms. The Morgan fingerprint density at radius 1 is 1.04 bits per heavy atom. The summed E-state index contributed by atoms with van der Waals surface area (Å²) in [4.78, 5) is 15.3. The quantitative estimate of drug-likeness (QED) is 0.777. The smallest absolute Gasteiger partial charge is 0.288 e. The molecule has 0 aliphatic rings. The van der Waals surface area contributed by atoms with Gasteiger partial charge in [0.2, 0.25) is 5.82 Å². The van der Waals surface area contributed by atoms with Crippen molar-refractivity contribution in [1.29, 1.82) is 0 Å². The zero-order valence-corrected chi connectivity index (χ0v) is 15.1. The second kappa shape index (κ2) is 6.33. The van der Waals surface area contributed by atoms with Gasteiger partial charge in [-0.3, -0.25) is 4.79 Å². The third-order valence-corrected chi connectivity index (χ3v) is 4.64. The van der Waals surface area contributed by atoms with Gasteiger partial charge in [0.15, 0.2) is 0 Å². The van der Waals surface area contributed by atoms with E-state index in [0.717, 1.165) is 16.3 Å². The Hall–Kier alpha value is -2.66. The van der Waals surface area contributed by atoms with E-state index in [0.29, 0.717) is 5.82 Å². The van der Waals surface area contributed by atoms with Crippen LogP contribution in [0.1, 0.15) is 41.4 Å². The zero-order valence-electron chi connectivity index (χ0n) is 14.3. The summed E-state index contributed by atoms with van der Waals surface area (Å²) in [5, 5.41) is 4.88. The van der Waals surface area contributed by atoms with E-state index in [1.807, 2.05) is 36.4 Å². The number of benzene rings is 2. The number of halogens is 1. The molecule has 3 rings (SSSR count). The standard InChI is InChI=1S/C19H19ClN4O/c1-12-22-18(17(21)25)23-24(12)16-10-6-14(7-11-16)19(2,3)13-4-8-15(20)9-5-13/h4-11H,1-3H3,(H2,21,25). The van der Waals surface area contributed by atoms with Crippen molar-refractivity contribution >= 4 is 17.5 Å². The lowest BCUT2D eigenvalue weighted by atomic mass is 9.78. The van der Waals surface area contributed by atoms with Crippen molar-refractivity contribution in [3.05, 3.63) is 76.3 Å². The van der Waals surface area contributed by atoms with Crippen molar-refractivity contribution in [3.63, 3.8) is 0 Å². The first-order valence-electron chi connectivity index (χ1n) is 7.89. The van der Waals surface area contributed by atoms with Crippen LogP contribution in [0, 0.1) is 6.92 Å². The lowest BCUT2D eigenvalue weighted by Crippen LogP contribution is -2.18. The fourth-order valence-corrected chi connectivity index (χ4v) is 2.92. The summed E-state index contributed by atoms with van der Waals surface area (Å²) in [6, 6.07) is 15.9. The minimum atomic E-state index is -0.637. The molecule has 1 heterocycles. The second-order valence-corrected chi connectivity index (χ2v) is 6.87. The largest absolute Gasteiger partial charge is 0.363 e. The van der Waals surface area contributed by atoms with E-state index in [4.69, 9.17) is 17.3 Å². The van der Waals surface area contributed by atoms with Gasteiger partial charge in [0.1, 0.15) is 5.82 Å². The summed E-state index contributed by atoms with van der Waals surface area (Å²) in [5.74, 6) is -0.0103. The number of rotatable bonds is 4. The molecular formula is C19H19ClN4O. The maximum atomic E-state index is 11.2. The Labute approximate surface area is 151 Å². The number of amides is 1. The number of aryl methyl sites for hydroxylation is 1. The van der Waals surface area contributed by atoms with E-state index in [1.165, 1.54) is 5.56 Å². The topological polar surface area (TPSA) is 73.8 Å². The Bertz CT molecular complexity index is 912. The molecule has 3 aromatic rings. The molecule has 0 spiro atoms. The van der Waals surface area contributed by atoms with Crippen LogP contribution in [0.2, 0.25) is 5.02 Å². The molecule has 0 atom stereocenters. The molecule has 1 aromatic heterocycles. The van der Waals surface area contributed by atoms with Gasteiger partial charge in [0, 0.05) is 10.4 Å². The molecule has 25 heavy (non-hydrogen) atoms. The molecule has 2 N–H and O–H groups in total. The summed E-state index contributed by atoms with van der Waals surface area (Å²) in [7, 11) is 0. The van der Waals surface area contributed by atoms with Gasteiger partial charge in [-0.05, 0) is 42.3 Å². The molecule has 5 nitrogen and oxygen atoms in total. The maximum absolute atomic E-state index is 11.2. The third kappa shape index (κ3) is 3.28. The predicted octanol–water partition coefficient (Wildman–Crippen LogP) is 3.65. The first kappa shape index (κ1) is 17.2. The normalized spacial score (nSPS) is 11.5. The number of nitrogens with zero attached hydrogens (tertiary/aromatic N) is 3. The molecule has 0 fully saturated rings. The summed E-state index contributed by atoms with van der Waals surface area (Å²) in [5.41, 5.74) is 8.24. The predicted molar refractivity (Wildman–Crippen MR) is 98.2 cm³/mol. The number of carbonyl (C=O) groups excluding carboxylic acids is 1. The lowest BCUT2D eigenvalue weighted by molar-refractivity contribution is 0.0990. The highest BCUT2D eigenvalue weighted by molar-refractivity contribution is 6.30. The van der Waals surface area contributed by atoms with Gasteiger partial charge in [-0.1, -0.05) is 49.7 Å². The Morgan fingerprint density at radius 3 is 2.04 bits per heavy atom. The first-order chi connectivity index (χ1) is 11.8. The highest BCUT2D eigenvalue weighted by Crippen LogP contribution is 2.32. The Kier molecular flexibility index (Phi) is 4.35. The van der Waals surface area contributed by atoms with E-state index in [9.17, 15) is 4.79 Å². The Balaban J connectivity index is 1.94. The van der Waals surface area contributed by atoms with Crippen LogP contribution in [-0.4, -0.2) is 20.7 Å². The molecule has 0 saturated carbocycles. The van der Waals surface area contributed by atoms with Gasteiger partial charge < -0.3 is 5.73 Å². The molecule has 128 valence electrons. The summed E-state index contributed by atoms with van der Waals surface area (Å²) < 4.78 is 1.61. The van der Waals surface area contributed by atoms with Crippen molar-refractivity contribution in [1.82, 2.24) is 14.8 Å². The Morgan fingerprint density at radius 2 is 1.56 bits per heavy atom. The van der Waals surface area contributed by atoms with E-state index in [1.54, 1.807) is 11.6 Å². The van der Waals surface area contributed by atoms with Crippen molar-refractivity contribution in [2.24, 2.45) is 5.73 Å². The van der Waals surface area contributed by atoms with E-state index in [2.05, 4.69) is 36.1 Å². The summed E-state index contributed by atoms with van der Waals surface area (Å²) >= 11 is 5.99. The number of hydrogen-bond acceptors (Lipinski definition) is 3. The molecule has 2 aromatic carbocycles. The summed E-state index contributed by atoms with van der Waals surface area (Å²) in [6.45, 7) is 6.11. The summed E-state index contributed by atoms with van der Waals surface area (Å²) in [6.07, 6.45) is 0. The van der Waals surface area contributed by atoms with E-state index >= 15 is 0 Å². The first-order valence-corrected chi connectivity index (χ1v) is 8.27. The molecule has 0 radical (unpaired) electrons. The van der Waals surface area contributed by atoms with Crippen LogP contribution in [0.15, 0.2) is 48.5 Å². The number of hydrogen-bond donors (Lipinski definition) is 1. The van der Waals surface area contributed by atoms with Gasteiger partial charge in [0.25, 0.3) is 5.91 Å². The van der Waals surface area contributed by atoms with Crippen LogP contribution in [0.5, 0.6) is 0 Å². The van der Waals surface area contributed by atoms with Crippen LogP contribution in [0.25, 0.3) is 5.69 Å². The van der Waals surface area contributed by atoms with Gasteiger partial charge in [0.05, 0.1) is 5.69 Å². The van der Waals surface area contributed by atoms with Gasteiger partial charge in [-0.2, -0.15) is 0 Å². The van der Waals surface area contributed by atoms with E-state index < -0.39 is 5.91 Å². The minimum absolute atomic E-state index is 0.0167. The average Bonchev–Trinajstić information content (AvgIpc) is 2.97. The zero-order chi connectivity index (χ0) is 18.2. The van der Waals surface area contributed by atoms with Gasteiger partial charge in [-0.15, -0.1) is 5.10 Å². The molecular weight excluding hydrogens is 336 g/mol. The fraction of sp³-hybridized carbons (Fsp3) is 0.211. The van der Waals surface area contributed by atoms with Crippen molar-refractivity contribution in [2.45, 2.75) is 26.2 Å².